The number of aromatic nitrogens is 1. The number of carbonyl (C=O) groups is 1. The summed E-state index contributed by atoms with van der Waals surface area (Å²) in [6, 6.07) is 6.51. The van der Waals surface area contributed by atoms with Gasteiger partial charge in [0.25, 0.3) is 5.91 Å². The van der Waals surface area contributed by atoms with E-state index in [9.17, 15) is 9.90 Å². The standard InChI is InChI=1S/C15H17BrN2O3/c1-3-6-18-9-10(16)7-12(18)15(20)17-11-4-5-14(21-2)13(19)8-11/h4-5,7-9,19H,3,6H2,1-2H3,(H,17,20). The number of hydrogen-bond donors (Lipinski definition) is 2. The highest BCUT2D eigenvalue weighted by Crippen LogP contribution is 2.28. The van der Waals surface area contributed by atoms with E-state index in [0.29, 0.717) is 17.1 Å². The maximum atomic E-state index is 12.3. The molecule has 0 aliphatic heterocycles. The van der Waals surface area contributed by atoms with Crippen LogP contribution in [0.25, 0.3) is 0 Å². The summed E-state index contributed by atoms with van der Waals surface area (Å²) >= 11 is 3.38. The van der Waals surface area contributed by atoms with Crippen molar-refractivity contribution in [3.05, 3.63) is 40.6 Å². The number of methoxy groups -OCH3 is 1. The van der Waals surface area contributed by atoms with Gasteiger partial charge in [-0.1, -0.05) is 6.92 Å². The van der Waals surface area contributed by atoms with Crippen LogP contribution in [0.4, 0.5) is 5.69 Å². The summed E-state index contributed by atoms with van der Waals surface area (Å²) in [7, 11) is 1.47. The van der Waals surface area contributed by atoms with Crippen molar-refractivity contribution in [2.75, 3.05) is 12.4 Å². The lowest BCUT2D eigenvalue weighted by Crippen LogP contribution is -2.16. The van der Waals surface area contributed by atoms with E-state index in [1.165, 1.54) is 13.2 Å². The highest BCUT2D eigenvalue weighted by Gasteiger charge is 2.13. The summed E-state index contributed by atoms with van der Waals surface area (Å²) in [5, 5.41) is 12.5. The quantitative estimate of drug-likeness (QED) is 0.863. The smallest absolute Gasteiger partial charge is 0.272 e. The van der Waals surface area contributed by atoms with E-state index in [4.69, 9.17) is 4.74 Å². The second-order valence-corrected chi connectivity index (χ2v) is 5.49. The van der Waals surface area contributed by atoms with Crippen LogP contribution in [0.3, 0.4) is 0 Å². The van der Waals surface area contributed by atoms with Crippen LogP contribution >= 0.6 is 15.9 Å². The number of benzene rings is 1. The van der Waals surface area contributed by atoms with E-state index in [-0.39, 0.29) is 11.7 Å². The van der Waals surface area contributed by atoms with E-state index in [2.05, 4.69) is 28.2 Å². The Morgan fingerprint density at radius 3 is 2.81 bits per heavy atom. The van der Waals surface area contributed by atoms with Gasteiger partial charge < -0.3 is 19.7 Å². The van der Waals surface area contributed by atoms with Gasteiger partial charge in [-0.25, -0.2) is 0 Å². The molecule has 1 aromatic heterocycles. The Kier molecular flexibility index (Phi) is 4.90. The monoisotopic (exact) mass is 352 g/mol. The van der Waals surface area contributed by atoms with Crippen molar-refractivity contribution in [3.8, 4) is 11.5 Å². The first-order valence-corrected chi connectivity index (χ1v) is 7.38. The number of hydrogen-bond acceptors (Lipinski definition) is 3. The number of anilines is 1. The fourth-order valence-corrected chi connectivity index (χ4v) is 2.52. The fraction of sp³-hybridized carbons (Fsp3) is 0.267. The van der Waals surface area contributed by atoms with E-state index >= 15 is 0 Å². The Morgan fingerprint density at radius 2 is 2.19 bits per heavy atom. The number of nitrogens with zero attached hydrogens (tertiary/aromatic N) is 1. The van der Waals surface area contributed by atoms with Gasteiger partial charge in [-0.15, -0.1) is 0 Å². The third-order valence-electron chi connectivity index (χ3n) is 3.00. The van der Waals surface area contributed by atoms with Crippen molar-refractivity contribution in [2.24, 2.45) is 0 Å². The molecule has 2 N–H and O–H groups in total. The van der Waals surface area contributed by atoms with Crippen molar-refractivity contribution in [3.63, 3.8) is 0 Å². The second kappa shape index (κ2) is 6.67. The Labute approximate surface area is 131 Å². The molecule has 0 saturated heterocycles. The summed E-state index contributed by atoms with van der Waals surface area (Å²) in [6.07, 6.45) is 2.81. The molecule has 0 saturated carbocycles. The lowest BCUT2D eigenvalue weighted by Gasteiger charge is -2.10. The molecule has 21 heavy (non-hydrogen) atoms. The van der Waals surface area contributed by atoms with Crippen molar-refractivity contribution in [1.29, 1.82) is 0 Å². The van der Waals surface area contributed by atoms with Crippen LogP contribution in [-0.4, -0.2) is 22.7 Å². The molecular weight excluding hydrogens is 336 g/mol. The molecule has 0 spiro atoms. The molecule has 0 aliphatic carbocycles. The minimum Gasteiger partial charge on any atom is -0.504 e. The van der Waals surface area contributed by atoms with Crippen LogP contribution in [0.2, 0.25) is 0 Å². The Balaban J connectivity index is 2.19. The van der Waals surface area contributed by atoms with Gasteiger partial charge in [-0.3, -0.25) is 4.79 Å². The number of phenols is 1. The van der Waals surface area contributed by atoms with Gasteiger partial charge in [0, 0.05) is 29.0 Å². The van der Waals surface area contributed by atoms with E-state index in [1.807, 2.05) is 10.8 Å². The van der Waals surface area contributed by atoms with Crippen LogP contribution in [-0.2, 0) is 6.54 Å². The summed E-state index contributed by atoms with van der Waals surface area (Å²) in [6.45, 7) is 2.82. The molecule has 5 nitrogen and oxygen atoms in total. The first kappa shape index (κ1) is 15.4. The summed E-state index contributed by atoms with van der Waals surface area (Å²) in [5.74, 6) is 0.129. The van der Waals surface area contributed by atoms with Crippen LogP contribution in [0, 0.1) is 0 Å². The van der Waals surface area contributed by atoms with Crippen LogP contribution in [0.15, 0.2) is 34.9 Å². The molecule has 0 bridgehead atoms. The van der Waals surface area contributed by atoms with E-state index in [0.717, 1.165) is 17.4 Å². The second-order valence-electron chi connectivity index (χ2n) is 4.58. The molecule has 2 rings (SSSR count). The number of aryl methyl sites for hydroxylation is 1. The third kappa shape index (κ3) is 3.58. The van der Waals surface area contributed by atoms with Crippen molar-refractivity contribution >= 4 is 27.5 Å². The van der Waals surface area contributed by atoms with Gasteiger partial charge in [-0.2, -0.15) is 0 Å². The minimum atomic E-state index is -0.223. The number of halogens is 1. The van der Waals surface area contributed by atoms with Gasteiger partial charge >= 0.3 is 0 Å². The number of rotatable bonds is 5. The van der Waals surface area contributed by atoms with Gasteiger partial charge in [-0.05, 0) is 40.5 Å². The highest BCUT2D eigenvalue weighted by molar-refractivity contribution is 9.10. The molecule has 0 radical (unpaired) electrons. The predicted molar refractivity (Wildman–Crippen MR) is 85.0 cm³/mol. The Hall–Kier alpha value is -1.95. The van der Waals surface area contributed by atoms with Crippen LogP contribution in [0.5, 0.6) is 11.5 Å². The summed E-state index contributed by atoms with van der Waals surface area (Å²) in [4.78, 5) is 12.3. The molecule has 1 amide bonds. The maximum absolute atomic E-state index is 12.3. The number of ether oxygens (including phenoxy) is 1. The first-order valence-electron chi connectivity index (χ1n) is 6.59. The maximum Gasteiger partial charge on any atom is 0.272 e. The van der Waals surface area contributed by atoms with Crippen molar-refractivity contribution < 1.29 is 14.6 Å². The average molecular weight is 353 g/mol. The van der Waals surface area contributed by atoms with Gasteiger partial charge in [0.05, 0.1) is 7.11 Å². The molecular formula is C15H17BrN2O3. The van der Waals surface area contributed by atoms with Crippen LogP contribution < -0.4 is 10.1 Å². The number of nitrogens with one attached hydrogen (secondary N) is 1. The minimum absolute atomic E-state index is 0.0135. The van der Waals surface area contributed by atoms with E-state index in [1.54, 1.807) is 18.2 Å². The fourth-order valence-electron chi connectivity index (χ4n) is 2.05. The Morgan fingerprint density at radius 1 is 1.43 bits per heavy atom. The third-order valence-corrected chi connectivity index (χ3v) is 3.43. The topological polar surface area (TPSA) is 63.5 Å². The van der Waals surface area contributed by atoms with E-state index < -0.39 is 0 Å². The normalized spacial score (nSPS) is 10.4. The lowest BCUT2D eigenvalue weighted by molar-refractivity contribution is 0.101. The molecule has 2 aromatic rings. The highest BCUT2D eigenvalue weighted by atomic mass is 79.9. The summed E-state index contributed by atoms with van der Waals surface area (Å²) in [5.41, 5.74) is 1.08. The molecule has 112 valence electrons. The zero-order chi connectivity index (χ0) is 15.4. The molecule has 0 aliphatic rings. The van der Waals surface area contributed by atoms with Crippen molar-refractivity contribution in [1.82, 2.24) is 4.57 Å². The lowest BCUT2D eigenvalue weighted by atomic mass is 10.2. The number of carbonyl (C=O) groups excluding carboxylic acids is 1. The number of amides is 1. The molecule has 1 aromatic carbocycles. The zero-order valence-electron chi connectivity index (χ0n) is 11.9. The SMILES string of the molecule is CCCn1cc(Br)cc1C(=O)Nc1ccc(OC)c(O)c1. The van der Waals surface area contributed by atoms with Crippen LogP contribution in [0.1, 0.15) is 23.8 Å². The molecule has 0 atom stereocenters. The summed E-state index contributed by atoms with van der Waals surface area (Å²) < 4.78 is 7.72. The first-order chi connectivity index (χ1) is 10.0. The molecule has 0 unspecified atom stereocenters. The molecule has 0 fully saturated rings. The number of phenolic OH excluding ortho intramolecular Hbond substituents is 1. The predicted octanol–water partition coefficient (Wildman–Crippen LogP) is 3.63. The Bertz CT molecular complexity index is 652. The van der Waals surface area contributed by atoms with Gasteiger partial charge in [0.2, 0.25) is 0 Å². The van der Waals surface area contributed by atoms with Gasteiger partial charge in [0.15, 0.2) is 11.5 Å². The van der Waals surface area contributed by atoms with Crippen molar-refractivity contribution in [2.45, 2.75) is 19.9 Å². The largest absolute Gasteiger partial charge is 0.504 e. The van der Waals surface area contributed by atoms with Gasteiger partial charge in [0.1, 0.15) is 5.69 Å². The zero-order valence-corrected chi connectivity index (χ0v) is 13.5. The molecule has 1 heterocycles. The number of aromatic hydroxyl groups is 1. The average Bonchev–Trinajstić information content (AvgIpc) is 2.80. The molecule has 6 heteroatoms.